The van der Waals surface area contributed by atoms with E-state index in [4.69, 9.17) is 16.9 Å². The van der Waals surface area contributed by atoms with Crippen LogP contribution in [0.2, 0.25) is 5.02 Å². The van der Waals surface area contributed by atoms with E-state index in [1.807, 2.05) is 18.2 Å². The molecule has 0 aliphatic rings. The molecule has 18 heavy (non-hydrogen) atoms. The lowest BCUT2D eigenvalue weighted by molar-refractivity contribution is 0.236. The van der Waals surface area contributed by atoms with E-state index < -0.39 is 6.10 Å². The lowest BCUT2D eigenvalue weighted by Crippen LogP contribution is -1.95. The van der Waals surface area contributed by atoms with E-state index >= 15 is 0 Å². The quantitative estimate of drug-likeness (QED) is 0.827. The van der Waals surface area contributed by atoms with E-state index in [2.05, 4.69) is 5.32 Å². The average molecular weight is 259 g/mol. The van der Waals surface area contributed by atoms with Crippen LogP contribution >= 0.6 is 11.6 Å². The molecule has 90 valence electrons. The number of hydrogen-bond donors (Lipinski definition) is 2. The Morgan fingerprint density at radius 1 is 1.11 bits per heavy atom. The highest BCUT2D eigenvalue weighted by molar-refractivity contribution is 6.30. The lowest BCUT2D eigenvalue weighted by Gasteiger charge is -2.09. The molecule has 0 heterocycles. The maximum absolute atomic E-state index is 9.45. The molecule has 0 aliphatic heterocycles. The highest BCUT2D eigenvalue weighted by Crippen LogP contribution is 2.22. The van der Waals surface area contributed by atoms with E-state index in [-0.39, 0.29) is 0 Å². The fraction of sp³-hybridized carbons (Fsp3) is 0.0714. The lowest BCUT2D eigenvalue weighted by atomic mass is 10.1. The standard InChI is InChI=1S/C14H11ClN2O/c15-11-4-6-12(7-5-11)17-13-3-1-2-10(8-13)14(18)9-16/h1-8,14,17-18H. The number of hydrogen-bond acceptors (Lipinski definition) is 3. The Balaban J connectivity index is 2.19. The predicted octanol–water partition coefficient (Wildman–Crippen LogP) is 3.64. The summed E-state index contributed by atoms with van der Waals surface area (Å²) in [7, 11) is 0. The Bertz CT molecular complexity index is 575. The largest absolute Gasteiger partial charge is 0.374 e. The molecule has 0 bridgehead atoms. The second-order valence-electron chi connectivity index (χ2n) is 3.79. The van der Waals surface area contributed by atoms with Crippen LogP contribution in [-0.2, 0) is 0 Å². The van der Waals surface area contributed by atoms with Gasteiger partial charge in [-0.15, -0.1) is 0 Å². The fourth-order valence-corrected chi connectivity index (χ4v) is 1.69. The van der Waals surface area contributed by atoms with Gasteiger partial charge >= 0.3 is 0 Å². The van der Waals surface area contributed by atoms with Crippen molar-refractivity contribution in [1.82, 2.24) is 0 Å². The third-order valence-electron chi connectivity index (χ3n) is 2.46. The number of nitrogens with one attached hydrogen (secondary N) is 1. The molecule has 1 atom stereocenters. The van der Waals surface area contributed by atoms with Crippen LogP contribution in [0.1, 0.15) is 11.7 Å². The van der Waals surface area contributed by atoms with E-state index in [1.54, 1.807) is 36.4 Å². The molecule has 4 heteroatoms. The van der Waals surface area contributed by atoms with Gasteiger partial charge in [-0.1, -0.05) is 23.7 Å². The Hall–Kier alpha value is -2.02. The molecular weight excluding hydrogens is 248 g/mol. The Morgan fingerprint density at radius 3 is 2.50 bits per heavy atom. The maximum atomic E-state index is 9.45. The van der Waals surface area contributed by atoms with Gasteiger partial charge in [0.05, 0.1) is 6.07 Å². The molecule has 0 spiro atoms. The Labute approximate surface area is 110 Å². The molecule has 0 aliphatic carbocycles. The minimum absolute atomic E-state index is 0.566. The number of anilines is 2. The van der Waals surface area contributed by atoms with Gasteiger partial charge < -0.3 is 10.4 Å². The first-order valence-electron chi connectivity index (χ1n) is 5.39. The summed E-state index contributed by atoms with van der Waals surface area (Å²) >= 11 is 5.80. The molecule has 2 aromatic carbocycles. The van der Waals surface area contributed by atoms with Crippen LogP contribution in [0.4, 0.5) is 11.4 Å². The van der Waals surface area contributed by atoms with E-state index in [0.29, 0.717) is 10.6 Å². The number of nitriles is 1. The number of aliphatic hydroxyl groups is 1. The van der Waals surface area contributed by atoms with Crippen LogP contribution in [0.3, 0.4) is 0 Å². The van der Waals surface area contributed by atoms with Crippen LogP contribution in [0.15, 0.2) is 48.5 Å². The molecule has 0 saturated heterocycles. The number of benzene rings is 2. The molecule has 2 rings (SSSR count). The normalized spacial score (nSPS) is 11.6. The summed E-state index contributed by atoms with van der Waals surface area (Å²) in [6.45, 7) is 0. The zero-order valence-corrected chi connectivity index (χ0v) is 10.2. The van der Waals surface area contributed by atoms with E-state index in [9.17, 15) is 5.11 Å². The zero-order valence-electron chi connectivity index (χ0n) is 9.47. The van der Waals surface area contributed by atoms with Crippen molar-refractivity contribution in [2.75, 3.05) is 5.32 Å². The summed E-state index contributed by atoms with van der Waals surface area (Å²) in [6.07, 6.45) is -1.10. The molecule has 2 N–H and O–H groups in total. The number of nitrogens with zero attached hydrogens (tertiary/aromatic N) is 1. The molecular formula is C14H11ClN2O. The van der Waals surface area contributed by atoms with Gasteiger partial charge in [0.1, 0.15) is 0 Å². The van der Waals surface area contributed by atoms with Crippen LogP contribution in [0, 0.1) is 11.3 Å². The first-order chi connectivity index (χ1) is 8.69. The van der Waals surface area contributed by atoms with E-state index in [1.165, 1.54) is 0 Å². The van der Waals surface area contributed by atoms with Crippen LogP contribution in [-0.4, -0.2) is 5.11 Å². The van der Waals surface area contributed by atoms with Crippen molar-refractivity contribution < 1.29 is 5.11 Å². The van der Waals surface area contributed by atoms with Crippen molar-refractivity contribution in [1.29, 1.82) is 5.26 Å². The molecule has 2 aromatic rings. The van der Waals surface area contributed by atoms with Gasteiger partial charge in [0.2, 0.25) is 0 Å². The highest BCUT2D eigenvalue weighted by atomic mass is 35.5. The number of halogens is 1. The molecule has 0 fully saturated rings. The van der Waals surface area contributed by atoms with Crippen LogP contribution in [0.5, 0.6) is 0 Å². The van der Waals surface area contributed by atoms with Gasteiger partial charge in [-0.3, -0.25) is 0 Å². The van der Waals surface area contributed by atoms with Crippen molar-refractivity contribution in [2.24, 2.45) is 0 Å². The van der Waals surface area contributed by atoms with Gasteiger partial charge in [-0.05, 0) is 42.0 Å². The monoisotopic (exact) mass is 258 g/mol. The zero-order chi connectivity index (χ0) is 13.0. The minimum Gasteiger partial charge on any atom is -0.374 e. The van der Waals surface area contributed by atoms with Gasteiger partial charge in [0, 0.05) is 16.4 Å². The number of rotatable bonds is 3. The van der Waals surface area contributed by atoms with Crippen LogP contribution < -0.4 is 5.32 Å². The summed E-state index contributed by atoms with van der Waals surface area (Å²) in [5.41, 5.74) is 2.27. The third-order valence-corrected chi connectivity index (χ3v) is 2.71. The molecule has 0 radical (unpaired) electrons. The van der Waals surface area contributed by atoms with Gasteiger partial charge in [-0.25, -0.2) is 0 Å². The van der Waals surface area contributed by atoms with Gasteiger partial charge in [0.25, 0.3) is 0 Å². The second-order valence-corrected chi connectivity index (χ2v) is 4.23. The fourth-order valence-electron chi connectivity index (χ4n) is 1.56. The molecule has 0 saturated carbocycles. The smallest absolute Gasteiger partial charge is 0.165 e. The molecule has 1 unspecified atom stereocenters. The Kier molecular flexibility index (Phi) is 3.83. The summed E-state index contributed by atoms with van der Waals surface area (Å²) in [5.74, 6) is 0. The summed E-state index contributed by atoms with van der Waals surface area (Å²) in [5, 5.41) is 22.0. The molecule has 0 amide bonds. The number of aliphatic hydroxyl groups excluding tert-OH is 1. The summed E-state index contributed by atoms with van der Waals surface area (Å²) < 4.78 is 0. The summed E-state index contributed by atoms with van der Waals surface area (Å²) in [6, 6.07) is 16.2. The topological polar surface area (TPSA) is 56.0 Å². The van der Waals surface area contributed by atoms with Crippen molar-refractivity contribution >= 4 is 23.0 Å². The maximum Gasteiger partial charge on any atom is 0.165 e. The SMILES string of the molecule is N#CC(O)c1cccc(Nc2ccc(Cl)cc2)c1. The summed E-state index contributed by atoms with van der Waals surface area (Å²) in [4.78, 5) is 0. The van der Waals surface area contributed by atoms with Crippen molar-refractivity contribution in [3.8, 4) is 6.07 Å². The highest BCUT2D eigenvalue weighted by Gasteiger charge is 2.05. The first-order valence-corrected chi connectivity index (χ1v) is 5.77. The van der Waals surface area contributed by atoms with Crippen molar-refractivity contribution in [2.45, 2.75) is 6.10 Å². The average Bonchev–Trinajstić information content (AvgIpc) is 2.41. The van der Waals surface area contributed by atoms with Gasteiger partial charge in [-0.2, -0.15) is 5.26 Å². The van der Waals surface area contributed by atoms with Crippen LogP contribution in [0.25, 0.3) is 0 Å². The van der Waals surface area contributed by atoms with Crippen molar-refractivity contribution in [3.05, 3.63) is 59.1 Å². The minimum atomic E-state index is -1.10. The molecule has 3 nitrogen and oxygen atoms in total. The first kappa shape index (κ1) is 12.4. The second kappa shape index (κ2) is 5.54. The Morgan fingerprint density at radius 2 is 1.83 bits per heavy atom. The van der Waals surface area contributed by atoms with Crippen molar-refractivity contribution in [3.63, 3.8) is 0 Å². The van der Waals surface area contributed by atoms with E-state index in [0.717, 1.165) is 11.4 Å². The predicted molar refractivity (Wildman–Crippen MR) is 71.7 cm³/mol. The third kappa shape index (κ3) is 3.01. The van der Waals surface area contributed by atoms with Gasteiger partial charge in [0.15, 0.2) is 6.10 Å². The molecule has 0 aromatic heterocycles.